The van der Waals surface area contributed by atoms with Crippen molar-refractivity contribution in [1.82, 2.24) is 10.2 Å². The molecule has 0 fully saturated rings. The number of nitrogens with zero attached hydrogens (tertiary/aromatic N) is 1. The van der Waals surface area contributed by atoms with Gasteiger partial charge in [-0.05, 0) is 6.92 Å². The van der Waals surface area contributed by atoms with E-state index in [9.17, 15) is 14.4 Å². The van der Waals surface area contributed by atoms with Crippen LogP contribution >= 0.6 is 0 Å². The van der Waals surface area contributed by atoms with Crippen molar-refractivity contribution in [2.24, 2.45) is 0 Å². The molecular formula is C11H18N2O6. The second-order valence-electron chi connectivity index (χ2n) is 3.89. The minimum Gasteiger partial charge on any atom is -0.480 e. The minimum atomic E-state index is -1.28. The number of urea groups is 1. The van der Waals surface area contributed by atoms with Crippen molar-refractivity contribution < 1.29 is 29.3 Å². The van der Waals surface area contributed by atoms with Gasteiger partial charge in [-0.1, -0.05) is 12.2 Å². The zero-order valence-electron chi connectivity index (χ0n) is 10.7. The Balaban J connectivity index is 4.06. The first-order valence-electron chi connectivity index (χ1n) is 5.51. The predicted octanol–water partition coefficient (Wildman–Crippen LogP) is -0.240. The molecule has 8 heteroatoms. The quantitative estimate of drug-likeness (QED) is 0.394. The number of carboxylic acid groups (broad SMARTS) is 2. The van der Waals surface area contributed by atoms with Gasteiger partial charge < -0.3 is 25.2 Å². The van der Waals surface area contributed by atoms with Crippen molar-refractivity contribution in [2.75, 3.05) is 32.8 Å². The number of amides is 2. The molecule has 0 spiro atoms. The molecule has 0 radical (unpaired) electrons. The number of hydrogen-bond acceptors (Lipinski definition) is 4. The molecule has 0 saturated carbocycles. The van der Waals surface area contributed by atoms with E-state index in [1.165, 1.54) is 0 Å². The summed E-state index contributed by atoms with van der Waals surface area (Å²) in [7, 11) is 0. The van der Waals surface area contributed by atoms with E-state index in [1.54, 1.807) is 6.92 Å². The van der Waals surface area contributed by atoms with Gasteiger partial charge in [0.2, 0.25) is 0 Å². The maximum Gasteiger partial charge on any atom is 0.323 e. The Morgan fingerprint density at radius 3 is 2.16 bits per heavy atom. The van der Waals surface area contributed by atoms with Gasteiger partial charge in [0.25, 0.3) is 0 Å². The van der Waals surface area contributed by atoms with E-state index in [0.29, 0.717) is 11.5 Å². The number of carbonyl (C=O) groups is 3. The zero-order chi connectivity index (χ0) is 14.8. The third kappa shape index (κ3) is 9.60. The minimum absolute atomic E-state index is 0.155. The van der Waals surface area contributed by atoms with Crippen LogP contribution in [0.1, 0.15) is 6.92 Å². The Morgan fingerprint density at radius 1 is 1.21 bits per heavy atom. The van der Waals surface area contributed by atoms with Gasteiger partial charge in [-0.15, -0.1) is 0 Å². The first-order chi connectivity index (χ1) is 8.82. The maximum absolute atomic E-state index is 11.5. The van der Waals surface area contributed by atoms with Crippen molar-refractivity contribution in [2.45, 2.75) is 6.92 Å². The predicted molar refractivity (Wildman–Crippen MR) is 65.9 cm³/mol. The summed E-state index contributed by atoms with van der Waals surface area (Å²) in [4.78, 5) is 33.2. The molecule has 0 aliphatic carbocycles. The van der Waals surface area contributed by atoms with Gasteiger partial charge in [-0.2, -0.15) is 0 Å². The first-order valence-corrected chi connectivity index (χ1v) is 5.51. The van der Waals surface area contributed by atoms with Gasteiger partial charge in [0.1, 0.15) is 13.1 Å². The summed E-state index contributed by atoms with van der Waals surface area (Å²) in [6.07, 6.45) is 0. The summed E-state index contributed by atoms with van der Waals surface area (Å²) >= 11 is 0. The first kappa shape index (κ1) is 16.9. The van der Waals surface area contributed by atoms with Crippen LogP contribution in [0.3, 0.4) is 0 Å². The highest BCUT2D eigenvalue weighted by Gasteiger charge is 2.18. The lowest BCUT2D eigenvalue weighted by Gasteiger charge is -2.19. The highest BCUT2D eigenvalue weighted by molar-refractivity contribution is 5.84. The molecule has 0 bridgehead atoms. The van der Waals surface area contributed by atoms with Gasteiger partial charge in [0, 0.05) is 6.54 Å². The average Bonchev–Trinajstić information content (AvgIpc) is 2.25. The van der Waals surface area contributed by atoms with Crippen LogP contribution in [0.15, 0.2) is 12.2 Å². The lowest BCUT2D eigenvalue weighted by Crippen LogP contribution is -2.46. The van der Waals surface area contributed by atoms with Gasteiger partial charge in [-0.25, -0.2) is 4.79 Å². The standard InChI is InChI=1S/C11H18N2O6/c1-8(2)7-19-4-3-12-11(18)13(5-9(14)15)6-10(16)17/h1,3-7H2,2H3,(H,12,18)(H,14,15)(H,16,17). The van der Waals surface area contributed by atoms with E-state index in [1.807, 2.05) is 0 Å². The number of carboxylic acids is 2. The molecule has 0 heterocycles. The van der Waals surface area contributed by atoms with Crippen molar-refractivity contribution in [1.29, 1.82) is 0 Å². The van der Waals surface area contributed by atoms with Gasteiger partial charge in [0.05, 0.1) is 13.2 Å². The fraction of sp³-hybridized carbons (Fsp3) is 0.545. The van der Waals surface area contributed by atoms with Crippen molar-refractivity contribution in [3.63, 3.8) is 0 Å². The fourth-order valence-electron chi connectivity index (χ4n) is 1.11. The van der Waals surface area contributed by atoms with E-state index in [-0.39, 0.29) is 13.2 Å². The summed E-state index contributed by atoms with van der Waals surface area (Å²) in [6.45, 7) is 4.82. The Hall–Kier alpha value is -2.09. The lowest BCUT2D eigenvalue weighted by molar-refractivity contribution is -0.140. The molecule has 0 rings (SSSR count). The molecule has 2 amide bonds. The highest BCUT2D eigenvalue weighted by Crippen LogP contribution is 1.91. The van der Waals surface area contributed by atoms with E-state index >= 15 is 0 Å². The van der Waals surface area contributed by atoms with Crippen LogP contribution in [0, 0.1) is 0 Å². The fourth-order valence-corrected chi connectivity index (χ4v) is 1.11. The van der Waals surface area contributed by atoms with E-state index in [0.717, 1.165) is 5.57 Å². The SMILES string of the molecule is C=C(C)COCCNC(=O)N(CC(=O)O)CC(=O)O. The Labute approximate surface area is 110 Å². The summed E-state index contributed by atoms with van der Waals surface area (Å²) in [6, 6.07) is -0.760. The summed E-state index contributed by atoms with van der Waals surface area (Å²) < 4.78 is 5.12. The molecule has 3 N–H and O–H groups in total. The van der Waals surface area contributed by atoms with Crippen LogP contribution in [0.4, 0.5) is 4.79 Å². The Bertz CT molecular complexity index is 339. The molecule has 0 atom stereocenters. The van der Waals surface area contributed by atoms with Crippen molar-refractivity contribution in [3.8, 4) is 0 Å². The molecule has 8 nitrogen and oxygen atoms in total. The normalized spacial score (nSPS) is 9.74. The van der Waals surface area contributed by atoms with Gasteiger partial charge in [0.15, 0.2) is 0 Å². The number of rotatable bonds is 9. The van der Waals surface area contributed by atoms with E-state index < -0.39 is 31.1 Å². The van der Waals surface area contributed by atoms with Crippen LogP contribution in [0.2, 0.25) is 0 Å². The molecule has 19 heavy (non-hydrogen) atoms. The topological polar surface area (TPSA) is 116 Å². The number of nitrogens with one attached hydrogen (secondary N) is 1. The lowest BCUT2D eigenvalue weighted by atomic mass is 10.4. The molecule has 0 unspecified atom stereocenters. The van der Waals surface area contributed by atoms with Crippen LogP contribution in [-0.2, 0) is 14.3 Å². The van der Waals surface area contributed by atoms with Crippen molar-refractivity contribution >= 4 is 18.0 Å². The van der Waals surface area contributed by atoms with Gasteiger partial charge in [-0.3, -0.25) is 9.59 Å². The van der Waals surface area contributed by atoms with Crippen LogP contribution in [-0.4, -0.2) is 65.9 Å². The summed E-state index contributed by atoms with van der Waals surface area (Å²) in [5.74, 6) is -2.56. The second-order valence-corrected chi connectivity index (χ2v) is 3.89. The molecule has 0 aliphatic heterocycles. The van der Waals surface area contributed by atoms with E-state index in [2.05, 4.69) is 11.9 Å². The maximum atomic E-state index is 11.5. The average molecular weight is 274 g/mol. The van der Waals surface area contributed by atoms with Crippen LogP contribution in [0.5, 0.6) is 0 Å². The Morgan fingerprint density at radius 2 is 1.74 bits per heavy atom. The number of aliphatic carboxylic acids is 2. The Kier molecular flexibility index (Phi) is 7.94. The molecule has 0 saturated heterocycles. The zero-order valence-corrected chi connectivity index (χ0v) is 10.7. The number of carbonyl (C=O) groups excluding carboxylic acids is 1. The van der Waals surface area contributed by atoms with Crippen molar-refractivity contribution in [3.05, 3.63) is 12.2 Å². The molecule has 108 valence electrons. The molecular weight excluding hydrogens is 256 g/mol. The van der Waals surface area contributed by atoms with Gasteiger partial charge >= 0.3 is 18.0 Å². The van der Waals surface area contributed by atoms with Crippen LogP contribution in [0.25, 0.3) is 0 Å². The molecule has 0 aromatic rings. The van der Waals surface area contributed by atoms with Crippen LogP contribution < -0.4 is 5.32 Å². The molecule has 0 aromatic carbocycles. The van der Waals surface area contributed by atoms with E-state index in [4.69, 9.17) is 14.9 Å². The highest BCUT2D eigenvalue weighted by atomic mass is 16.5. The third-order valence-corrected chi connectivity index (χ3v) is 1.81. The summed E-state index contributed by atoms with van der Waals surface area (Å²) in [5.41, 5.74) is 0.838. The third-order valence-electron chi connectivity index (χ3n) is 1.81. The smallest absolute Gasteiger partial charge is 0.323 e. The number of hydrogen-bond donors (Lipinski definition) is 3. The largest absolute Gasteiger partial charge is 0.480 e. The molecule has 0 aliphatic rings. The monoisotopic (exact) mass is 274 g/mol. The second kappa shape index (κ2) is 8.92. The molecule has 0 aromatic heterocycles. The summed E-state index contributed by atoms with van der Waals surface area (Å²) in [5, 5.41) is 19.5. The number of ether oxygens (including phenoxy) is 1.